The van der Waals surface area contributed by atoms with Crippen molar-refractivity contribution < 1.29 is 8.42 Å². The van der Waals surface area contributed by atoms with Gasteiger partial charge in [-0.25, -0.2) is 8.42 Å². The summed E-state index contributed by atoms with van der Waals surface area (Å²) >= 11 is 0.875. The van der Waals surface area contributed by atoms with Gasteiger partial charge in [-0.1, -0.05) is 50.3 Å². The average molecular weight is 454 g/mol. The van der Waals surface area contributed by atoms with E-state index in [1.807, 2.05) is 24.1 Å². The summed E-state index contributed by atoms with van der Waals surface area (Å²) in [5.74, 6) is -0.0626. The quantitative estimate of drug-likeness (QED) is 0.333. The lowest BCUT2D eigenvalue weighted by molar-refractivity contribution is 0.322. The molecule has 2 atom stereocenters. The summed E-state index contributed by atoms with van der Waals surface area (Å²) in [6, 6.07) is 8.21. The van der Waals surface area contributed by atoms with E-state index < -0.39 is 20.6 Å². The van der Waals surface area contributed by atoms with Gasteiger partial charge in [-0.3, -0.25) is 9.55 Å². The van der Waals surface area contributed by atoms with Crippen molar-refractivity contribution in [1.82, 2.24) is 19.7 Å². The third-order valence-electron chi connectivity index (χ3n) is 5.41. The number of aromatic nitrogens is 2. The van der Waals surface area contributed by atoms with Crippen molar-refractivity contribution in [2.24, 2.45) is 0 Å². The van der Waals surface area contributed by atoms with Crippen LogP contribution in [0.3, 0.4) is 0 Å². The Bertz CT molecular complexity index is 932. The number of nitrogens with one attached hydrogen (secondary N) is 1. The minimum Gasteiger partial charge on any atom is -0.623 e. The Balaban J connectivity index is 1.72. The van der Waals surface area contributed by atoms with Gasteiger partial charge in [0.1, 0.15) is 6.67 Å². The SMILES string of the molecule is CCCCCCc1ccc(NC2CN(C)C[N+]2([O-])c2nnc(S(=O)(=O)CC)s2)cc1. The Morgan fingerprint density at radius 1 is 1.20 bits per heavy atom. The monoisotopic (exact) mass is 453 g/mol. The van der Waals surface area contributed by atoms with Gasteiger partial charge < -0.3 is 10.5 Å². The summed E-state index contributed by atoms with van der Waals surface area (Å²) in [6.07, 6.45) is 5.51. The molecule has 2 heterocycles. The largest absolute Gasteiger partial charge is 0.623 e. The Hall–Kier alpha value is -1.59. The molecular formula is C20H31N5O3S2. The Morgan fingerprint density at radius 3 is 2.60 bits per heavy atom. The Morgan fingerprint density at radius 2 is 1.93 bits per heavy atom. The molecule has 1 aliphatic rings. The number of rotatable bonds is 10. The lowest BCUT2D eigenvalue weighted by Crippen LogP contribution is -2.52. The van der Waals surface area contributed by atoms with E-state index in [1.165, 1.54) is 31.2 Å². The summed E-state index contributed by atoms with van der Waals surface area (Å²) in [5.41, 5.74) is 2.17. The Kier molecular flexibility index (Phi) is 7.46. The van der Waals surface area contributed by atoms with Gasteiger partial charge in [-0.2, -0.15) is 0 Å². The number of sulfone groups is 1. The molecule has 166 valence electrons. The fraction of sp³-hybridized carbons (Fsp3) is 0.600. The van der Waals surface area contributed by atoms with Crippen LogP contribution in [0.1, 0.15) is 45.1 Å². The van der Waals surface area contributed by atoms with Gasteiger partial charge in [0, 0.05) is 5.69 Å². The van der Waals surface area contributed by atoms with Crippen LogP contribution in [0.5, 0.6) is 0 Å². The molecule has 2 unspecified atom stereocenters. The fourth-order valence-corrected chi connectivity index (χ4v) is 5.76. The van der Waals surface area contributed by atoms with Gasteiger partial charge in [-0.05, 0) is 48.9 Å². The maximum absolute atomic E-state index is 13.7. The number of anilines is 1. The summed E-state index contributed by atoms with van der Waals surface area (Å²) < 4.78 is 23.3. The van der Waals surface area contributed by atoms with E-state index in [-0.39, 0.29) is 21.9 Å². The molecule has 1 fully saturated rings. The molecule has 1 saturated heterocycles. The normalized spacial score (nSPS) is 22.5. The number of hydroxylamine groups is 2. The smallest absolute Gasteiger partial charge is 0.310 e. The van der Waals surface area contributed by atoms with Gasteiger partial charge >= 0.3 is 5.13 Å². The van der Waals surface area contributed by atoms with Crippen LogP contribution in [0, 0.1) is 5.21 Å². The van der Waals surface area contributed by atoms with Gasteiger partial charge in [0.05, 0.1) is 12.3 Å². The fourth-order valence-electron chi connectivity index (χ4n) is 3.61. The highest BCUT2D eigenvalue weighted by Crippen LogP contribution is 2.35. The third kappa shape index (κ3) is 5.17. The molecule has 0 spiro atoms. The van der Waals surface area contributed by atoms with Gasteiger partial charge in [-0.15, -0.1) is 5.10 Å². The number of unbranched alkanes of at least 4 members (excludes halogenated alkanes) is 3. The van der Waals surface area contributed by atoms with E-state index in [4.69, 9.17) is 0 Å². The van der Waals surface area contributed by atoms with E-state index in [1.54, 1.807) is 6.92 Å². The number of likely N-dealkylation sites (N-methyl/N-ethyl adjacent to an activating group) is 1. The van der Waals surface area contributed by atoms with Crippen LogP contribution in [0.25, 0.3) is 0 Å². The molecular weight excluding hydrogens is 422 g/mol. The second-order valence-electron chi connectivity index (χ2n) is 7.90. The molecule has 0 radical (unpaired) electrons. The summed E-state index contributed by atoms with van der Waals surface area (Å²) in [4.78, 5) is 1.92. The van der Waals surface area contributed by atoms with Crippen LogP contribution >= 0.6 is 11.3 Å². The highest BCUT2D eigenvalue weighted by atomic mass is 32.2. The molecule has 0 amide bonds. The average Bonchev–Trinajstić information content (AvgIpc) is 3.33. The standard InChI is InChI=1S/C20H31N5O3S2/c1-4-6-7-8-9-16-10-12-17(13-11-16)21-18-14-24(3)15-25(18,26)19-22-23-20(29-19)30(27,28)5-2/h10-13,18,21H,4-9,14-15H2,1-3H3. The number of nitrogens with zero attached hydrogens (tertiary/aromatic N) is 4. The van der Waals surface area contributed by atoms with E-state index in [2.05, 4.69) is 34.6 Å². The summed E-state index contributed by atoms with van der Waals surface area (Å²) in [5, 5.41) is 24.9. The first-order valence-corrected chi connectivity index (χ1v) is 12.9. The summed E-state index contributed by atoms with van der Waals surface area (Å²) in [7, 11) is -1.61. The molecule has 0 saturated carbocycles. The van der Waals surface area contributed by atoms with Crippen molar-refractivity contribution >= 4 is 32.0 Å². The molecule has 3 rings (SSSR count). The van der Waals surface area contributed by atoms with Crippen LogP contribution < -0.4 is 9.96 Å². The molecule has 1 aromatic carbocycles. The van der Waals surface area contributed by atoms with E-state index in [0.717, 1.165) is 23.4 Å². The van der Waals surface area contributed by atoms with Gasteiger partial charge in [0.15, 0.2) is 6.17 Å². The topological polar surface area (TPSA) is 98.2 Å². The first kappa shape index (κ1) is 23.1. The van der Waals surface area contributed by atoms with Crippen LogP contribution in [0.2, 0.25) is 0 Å². The lowest BCUT2D eigenvalue weighted by Gasteiger charge is -2.39. The van der Waals surface area contributed by atoms with Gasteiger partial charge in [0.25, 0.3) is 0 Å². The highest BCUT2D eigenvalue weighted by molar-refractivity contribution is 7.93. The first-order chi connectivity index (χ1) is 14.3. The number of hydrogen-bond acceptors (Lipinski definition) is 8. The zero-order chi connectivity index (χ0) is 21.8. The zero-order valence-corrected chi connectivity index (χ0v) is 19.5. The van der Waals surface area contributed by atoms with Crippen molar-refractivity contribution in [2.45, 2.75) is 56.5 Å². The van der Waals surface area contributed by atoms with Crippen LogP contribution in [-0.2, 0) is 16.3 Å². The van der Waals surface area contributed by atoms with E-state index >= 15 is 0 Å². The predicted octanol–water partition coefficient (Wildman–Crippen LogP) is 3.60. The van der Waals surface area contributed by atoms with Crippen LogP contribution in [0.4, 0.5) is 10.8 Å². The highest BCUT2D eigenvalue weighted by Gasteiger charge is 2.43. The number of benzene rings is 1. The minimum absolute atomic E-state index is 0.0626. The Labute approximate surface area is 183 Å². The third-order valence-corrected chi connectivity index (χ3v) is 8.63. The summed E-state index contributed by atoms with van der Waals surface area (Å²) in [6.45, 7) is 4.48. The van der Waals surface area contributed by atoms with Crippen LogP contribution in [-0.4, -0.2) is 55.7 Å². The number of quaternary nitrogens is 1. The van der Waals surface area contributed by atoms with E-state index in [0.29, 0.717) is 6.54 Å². The van der Waals surface area contributed by atoms with Crippen molar-refractivity contribution in [3.05, 3.63) is 35.0 Å². The molecule has 0 aliphatic carbocycles. The molecule has 30 heavy (non-hydrogen) atoms. The second kappa shape index (κ2) is 9.69. The molecule has 1 aliphatic heterocycles. The molecule has 0 bridgehead atoms. The van der Waals surface area contributed by atoms with Crippen molar-refractivity contribution in [3.8, 4) is 0 Å². The first-order valence-electron chi connectivity index (χ1n) is 10.5. The second-order valence-corrected chi connectivity index (χ2v) is 11.3. The molecule has 10 heteroatoms. The molecule has 1 N–H and O–H groups in total. The maximum atomic E-state index is 13.7. The number of aryl methyl sites for hydroxylation is 1. The van der Waals surface area contributed by atoms with Crippen molar-refractivity contribution in [2.75, 3.05) is 31.3 Å². The lowest BCUT2D eigenvalue weighted by atomic mass is 10.1. The van der Waals surface area contributed by atoms with E-state index in [9.17, 15) is 13.6 Å². The zero-order valence-electron chi connectivity index (χ0n) is 17.9. The van der Waals surface area contributed by atoms with Crippen LogP contribution in [0.15, 0.2) is 28.6 Å². The van der Waals surface area contributed by atoms with Crippen molar-refractivity contribution in [3.63, 3.8) is 0 Å². The van der Waals surface area contributed by atoms with Gasteiger partial charge in [0.2, 0.25) is 14.2 Å². The molecule has 8 nitrogen and oxygen atoms in total. The predicted molar refractivity (Wildman–Crippen MR) is 122 cm³/mol. The maximum Gasteiger partial charge on any atom is 0.310 e. The van der Waals surface area contributed by atoms with Crippen molar-refractivity contribution in [1.29, 1.82) is 0 Å². The minimum atomic E-state index is -3.48. The molecule has 1 aromatic heterocycles. The molecule has 2 aromatic rings. The number of hydrogen-bond donors (Lipinski definition) is 1.